The van der Waals surface area contributed by atoms with Gasteiger partial charge in [0.15, 0.2) is 0 Å². The van der Waals surface area contributed by atoms with Crippen molar-refractivity contribution < 1.29 is 9.47 Å². The molecule has 1 aromatic rings. The number of aromatic nitrogens is 1. The molecule has 0 amide bonds. The second kappa shape index (κ2) is 14.6. The zero-order valence-corrected chi connectivity index (χ0v) is 21.0. The molecule has 1 aliphatic rings. The van der Waals surface area contributed by atoms with Gasteiger partial charge in [-0.15, -0.1) is 17.0 Å². The normalized spacial score (nSPS) is 15.6. The van der Waals surface area contributed by atoms with Crippen molar-refractivity contribution in [1.29, 1.82) is 0 Å². The Morgan fingerprint density at radius 2 is 1.66 bits per heavy atom. The van der Waals surface area contributed by atoms with Crippen molar-refractivity contribution in [3.63, 3.8) is 0 Å². The number of pyridine rings is 1. The van der Waals surface area contributed by atoms with Crippen molar-refractivity contribution in [2.75, 3.05) is 55.5 Å². The van der Waals surface area contributed by atoms with Crippen LogP contribution in [0.25, 0.3) is 0 Å². The number of rotatable bonds is 8. The summed E-state index contributed by atoms with van der Waals surface area (Å²) in [5.74, 6) is 0.691. The lowest BCUT2D eigenvalue weighted by Crippen LogP contribution is -2.28. The van der Waals surface area contributed by atoms with Gasteiger partial charge in [-0.25, -0.2) is 4.98 Å². The molecule has 2 heterocycles. The van der Waals surface area contributed by atoms with Crippen LogP contribution in [0, 0.1) is 6.92 Å². The van der Waals surface area contributed by atoms with Crippen LogP contribution < -0.4 is 10.1 Å². The molecular weight excluding hydrogens is 432 g/mol. The fourth-order valence-electron chi connectivity index (χ4n) is 2.70. The highest BCUT2D eigenvalue weighted by atomic mass is 79.9. The van der Waals surface area contributed by atoms with Crippen molar-refractivity contribution in [1.82, 2.24) is 20.1 Å². The van der Waals surface area contributed by atoms with Gasteiger partial charge < -0.3 is 24.6 Å². The van der Waals surface area contributed by atoms with Crippen molar-refractivity contribution in [2.45, 2.75) is 32.9 Å². The number of dihydropyridines is 1. The molecule has 1 N–H and O–H groups in total. The first kappa shape index (κ1) is 27.6. The van der Waals surface area contributed by atoms with Crippen molar-refractivity contribution in [3.05, 3.63) is 46.8 Å². The predicted molar refractivity (Wildman–Crippen MR) is 127 cm³/mol. The van der Waals surface area contributed by atoms with Gasteiger partial charge in [0, 0.05) is 38.7 Å². The number of hydrogen-bond acceptors (Lipinski definition) is 6. The van der Waals surface area contributed by atoms with E-state index in [2.05, 4.69) is 74.4 Å². The first-order valence-electron chi connectivity index (χ1n) is 9.72. The molecule has 29 heavy (non-hydrogen) atoms. The quantitative estimate of drug-likeness (QED) is 0.627. The van der Waals surface area contributed by atoms with Gasteiger partial charge in [0.05, 0.1) is 7.11 Å². The Morgan fingerprint density at radius 3 is 2.14 bits per heavy atom. The monoisotopic (exact) mass is 470 g/mol. The molecule has 0 aromatic carbocycles. The van der Waals surface area contributed by atoms with Crippen LogP contribution in [0.15, 0.2) is 35.7 Å². The summed E-state index contributed by atoms with van der Waals surface area (Å²) in [5, 5.41) is 3.19. The topological polar surface area (TPSA) is 49.9 Å². The lowest BCUT2D eigenvalue weighted by molar-refractivity contribution is 0.122. The highest BCUT2D eigenvalue weighted by Crippen LogP contribution is 2.17. The Bertz CT molecular complexity index is 660. The summed E-state index contributed by atoms with van der Waals surface area (Å²) in [5.41, 5.74) is 5.22. The zero-order chi connectivity index (χ0) is 21.1. The third-order valence-electron chi connectivity index (χ3n) is 4.64. The lowest BCUT2D eigenvalue weighted by atomic mass is 10.0. The molecule has 2 rings (SSSR count). The first-order chi connectivity index (χ1) is 13.3. The fourth-order valence-corrected chi connectivity index (χ4v) is 2.70. The second-order valence-corrected chi connectivity index (χ2v) is 7.60. The molecule has 6 nitrogen and oxygen atoms in total. The van der Waals surface area contributed by atoms with E-state index in [-0.39, 0.29) is 23.2 Å². The molecule has 166 valence electrons. The standard InChI is InChI=1S/C11H20N2O.C11H18N2O.BrH/c2*1-9-7-11(14-4)12-8-10(9)5-6-13(2)3;/h7-8,11-12H,5-6H2,1-4H3;7-8H,5-6H2,1-4H3;1H. The van der Waals surface area contributed by atoms with E-state index >= 15 is 0 Å². The van der Waals surface area contributed by atoms with Gasteiger partial charge in [-0.3, -0.25) is 0 Å². The summed E-state index contributed by atoms with van der Waals surface area (Å²) in [6, 6.07) is 1.98. The average molecular weight is 471 g/mol. The fraction of sp³-hybridized carbons (Fsp3) is 0.591. The van der Waals surface area contributed by atoms with Crippen molar-refractivity contribution in [3.8, 4) is 5.88 Å². The minimum atomic E-state index is 0. The number of methoxy groups -OCH3 is 2. The third kappa shape index (κ3) is 10.8. The predicted octanol–water partition coefficient (Wildman–Crippen LogP) is 3.42. The molecule has 1 aliphatic heterocycles. The smallest absolute Gasteiger partial charge is 0.213 e. The Labute approximate surface area is 187 Å². The maximum atomic E-state index is 5.19. The van der Waals surface area contributed by atoms with Gasteiger partial charge >= 0.3 is 0 Å². The summed E-state index contributed by atoms with van der Waals surface area (Å²) in [4.78, 5) is 8.56. The van der Waals surface area contributed by atoms with Crippen LogP contribution in [0.5, 0.6) is 5.88 Å². The minimum Gasteiger partial charge on any atom is -0.481 e. The molecule has 7 heteroatoms. The van der Waals surface area contributed by atoms with Crippen LogP contribution in [-0.2, 0) is 11.2 Å². The number of halogens is 1. The summed E-state index contributed by atoms with van der Waals surface area (Å²) < 4.78 is 10.2. The minimum absolute atomic E-state index is 0. The average Bonchev–Trinajstić information content (AvgIpc) is 2.66. The van der Waals surface area contributed by atoms with Crippen molar-refractivity contribution >= 4 is 17.0 Å². The number of ether oxygens (including phenoxy) is 2. The maximum Gasteiger partial charge on any atom is 0.213 e. The van der Waals surface area contributed by atoms with Gasteiger partial charge in [-0.1, -0.05) is 0 Å². The number of allylic oxidation sites excluding steroid dienone is 1. The lowest BCUT2D eigenvalue weighted by Gasteiger charge is -2.21. The van der Waals surface area contributed by atoms with Gasteiger partial charge in [-0.2, -0.15) is 0 Å². The summed E-state index contributed by atoms with van der Waals surface area (Å²) in [6.07, 6.45) is 8.24. The van der Waals surface area contributed by atoms with Gasteiger partial charge in [0.1, 0.15) is 6.23 Å². The van der Waals surface area contributed by atoms with E-state index in [1.165, 1.54) is 22.3 Å². The van der Waals surface area contributed by atoms with E-state index in [9.17, 15) is 0 Å². The molecule has 0 fully saturated rings. The Balaban J connectivity index is 0.000000523. The Morgan fingerprint density at radius 1 is 1.03 bits per heavy atom. The summed E-state index contributed by atoms with van der Waals surface area (Å²) in [6.45, 7) is 6.36. The SMILES string of the molecule is Br.COC1C=C(C)C(CCN(C)C)=CN1.COc1cc(C)c(CCN(C)C)cn1. The Hall–Kier alpha value is -1.41. The van der Waals surface area contributed by atoms with E-state index < -0.39 is 0 Å². The highest BCUT2D eigenvalue weighted by molar-refractivity contribution is 8.93. The van der Waals surface area contributed by atoms with Crippen LogP contribution in [0.3, 0.4) is 0 Å². The largest absolute Gasteiger partial charge is 0.481 e. The van der Waals surface area contributed by atoms with E-state index in [4.69, 9.17) is 9.47 Å². The Kier molecular flexibility index (Phi) is 13.8. The molecule has 1 unspecified atom stereocenters. The van der Waals surface area contributed by atoms with Crippen molar-refractivity contribution in [2.24, 2.45) is 0 Å². The molecule has 1 aromatic heterocycles. The van der Waals surface area contributed by atoms with E-state index in [0.29, 0.717) is 5.88 Å². The number of hydrogen-bond donors (Lipinski definition) is 1. The highest BCUT2D eigenvalue weighted by Gasteiger charge is 2.10. The van der Waals surface area contributed by atoms with Crippen LogP contribution >= 0.6 is 17.0 Å². The maximum absolute atomic E-state index is 5.19. The summed E-state index contributed by atoms with van der Waals surface area (Å²) >= 11 is 0. The number of nitrogens with zero attached hydrogens (tertiary/aromatic N) is 3. The van der Waals surface area contributed by atoms with E-state index in [1.807, 2.05) is 12.3 Å². The van der Waals surface area contributed by atoms with Crippen LogP contribution in [0.4, 0.5) is 0 Å². The zero-order valence-electron chi connectivity index (χ0n) is 19.3. The summed E-state index contributed by atoms with van der Waals surface area (Å²) in [7, 11) is 11.7. The third-order valence-corrected chi connectivity index (χ3v) is 4.64. The number of nitrogens with one attached hydrogen (secondary N) is 1. The van der Waals surface area contributed by atoms with Gasteiger partial charge in [0.25, 0.3) is 0 Å². The second-order valence-electron chi connectivity index (χ2n) is 7.60. The molecule has 0 bridgehead atoms. The molecule has 1 atom stereocenters. The molecule has 0 radical (unpaired) electrons. The first-order valence-corrected chi connectivity index (χ1v) is 9.72. The number of likely N-dealkylation sites (N-methyl/N-ethyl adjacent to an activating group) is 1. The van der Waals surface area contributed by atoms with Gasteiger partial charge in [0.2, 0.25) is 5.88 Å². The van der Waals surface area contributed by atoms with Crippen LogP contribution in [0.1, 0.15) is 24.5 Å². The van der Waals surface area contributed by atoms with Gasteiger partial charge in [-0.05, 0) is 83.2 Å². The van der Waals surface area contributed by atoms with Crippen LogP contribution in [0.2, 0.25) is 0 Å². The molecule has 0 saturated heterocycles. The van der Waals surface area contributed by atoms with E-state index in [0.717, 1.165) is 25.9 Å². The molecular formula is C22H39BrN4O2. The van der Waals surface area contributed by atoms with E-state index in [1.54, 1.807) is 14.2 Å². The molecule has 0 spiro atoms. The number of aryl methyl sites for hydroxylation is 1. The van der Waals surface area contributed by atoms with Crippen LogP contribution in [-0.4, -0.2) is 76.5 Å². The molecule has 0 saturated carbocycles. The molecule has 0 aliphatic carbocycles.